The van der Waals surface area contributed by atoms with E-state index in [1.807, 2.05) is 31.2 Å². The van der Waals surface area contributed by atoms with Crippen LogP contribution in [0.5, 0.6) is 5.75 Å². The predicted molar refractivity (Wildman–Crippen MR) is 125 cm³/mol. The second-order valence-corrected chi connectivity index (χ2v) is 9.58. The molecule has 1 heterocycles. The smallest absolute Gasteiger partial charge is 0.410 e. The van der Waals surface area contributed by atoms with Crippen molar-refractivity contribution in [3.8, 4) is 17.1 Å². The van der Waals surface area contributed by atoms with E-state index in [-0.39, 0.29) is 30.6 Å². The molecule has 2 atom stereocenters. The van der Waals surface area contributed by atoms with E-state index < -0.39 is 5.97 Å². The molecule has 1 amide bonds. The molecule has 2 aliphatic rings. The van der Waals surface area contributed by atoms with E-state index in [2.05, 4.69) is 5.16 Å². The maximum absolute atomic E-state index is 12.5. The summed E-state index contributed by atoms with van der Waals surface area (Å²) in [6.45, 7) is 2.45. The summed E-state index contributed by atoms with van der Waals surface area (Å²) in [5, 5.41) is 13.3. The Balaban J connectivity index is 1.34. The minimum absolute atomic E-state index is 0.102. The van der Waals surface area contributed by atoms with E-state index in [0.29, 0.717) is 24.5 Å². The monoisotopic (exact) mass is 470 g/mol. The number of carbonyl (C=O) groups excluding carboxylic acids is 1. The van der Waals surface area contributed by atoms with Crippen LogP contribution in [0, 0.1) is 18.8 Å². The number of hydrogen-bond donors (Lipinski definition) is 1. The second-order valence-electron chi connectivity index (χ2n) is 9.58. The first-order valence-electron chi connectivity index (χ1n) is 12.2. The van der Waals surface area contributed by atoms with Gasteiger partial charge in [0.25, 0.3) is 0 Å². The van der Waals surface area contributed by atoms with Crippen LogP contribution in [-0.4, -0.2) is 46.9 Å². The maximum atomic E-state index is 12.5. The van der Waals surface area contributed by atoms with Crippen molar-refractivity contribution < 1.29 is 28.7 Å². The Hall–Kier alpha value is -3.03. The molecule has 2 aliphatic carbocycles. The summed E-state index contributed by atoms with van der Waals surface area (Å²) in [6.07, 6.45) is 7.39. The van der Waals surface area contributed by atoms with Crippen molar-refractivity contribution in [2.24, 2.45) is 11.8 Å². The van der Waals surface area contributed by atoms with Crippen LogP contribution < -0.4 is 4.74 Å². The van der Waals surface area contributed by atoms with Crippen LogP contribution in [0.2, 0.25) is 0 Å². The zero-order valence-electron chi connectivity index (χ0n) is 20.0. The van der Waals surface area contributed by atoms with Crippen molar-refractivity contribution in [3.63, 3.8) is 0 Å². The molecular formula is C26H34N2O6. The highest BCUT2D eigenvalue weighted by Crippen LogP contribution is 2.32. The Bertz CT molecular complexity index is 980. The minimum atomic E-state index is -0.705. The minimum Gasteiger partial charge on any atom is -0.493 e. The molecule has 2 fully saturated rings. The average molecular weight is 471 g/mol. The van der Waals surface area contributed by atoms with Crippen LogP contribution in [0.15, 0.2) is 28.8 Å². The van der Waals surface area contributed by atoms with E-state index in [0.717, 1.165) is 61.8 Å². The van der Waals surface area contributed by atoms with Gasteiger partial charge in [-0.05, 0) is 69.2 Å². The van der Waals surface area contributed by atoms with Gasteiger partial charge in [-0.25, -0.2) is 4.79 Å². The lowest BCUT2D eigenvalue weighted by atomic mass is 9.82. The highest BCUT2D eigenvalue weighted by Gasteiger charge is 2.28. The molecule has 2 aromatic rings. The SMILES string of the molecule is Cc1noc(-c2ccc(OCC3CCCC(C(=O)O)C3)cc2)c1COC(=O)N(C)C1CCCC1. The molecule has 184 valence electrons. The van der Waals surface area contributed by atoms with Gasteiger partial charge in [-0.1, -0.05) is 24.4 Å². The van der Waals surface area contributed by atoms with Crippen molar-refractivity contribution >= 4 is 12.1 Å². The van der Waals surface area contributed by atoms with Gasteiger partial charge in [-0.15, -0.1) is 0 Å². The van der Waals surface area contributed by atoms with Crippen LogP contribution in [0.25, 0.3) is 11.3 Å². The van der Waals surface area contributed by atoms with E-state index >= 15 is 0 Å². The van der Waals surface area contributed by atoms with Gasteiger partial charge in [0.1, 0.15) is 12.4 Å². The summed E-state index contributed by atoms with van der Waals surface area (Å²) in [6, 6.07) is 7.79. The van der Waals surface area contributed by atoms with Crippen LogP contribution >= 0.6 is 0 Å². The average Bonchev–Trinajstić information content (AvgIpc) is 3.51. The van der Waals surface area contributed by atoms with Gasteiger partial charge in [0, 0.05) is 18.7 Å². The summed E-state index contributed by atoms with van der Waals surface area (Å²) >= 11 is 0. The fourth-order valence-corrected chi connectivity index (χ4v) is 5.05. The molecule has 1 aromatic heterocycles. The number of hydrogen-bond acceptors (Lipinski definition) is 6. The molecular weight excluding hydrogens is 436 g/mol. The number of aromatic nitrogens is 1. The molecule has 1 N–H and O–H groups in total. The molecule has 2 unspecified atom stereocenters. The number of carboxylic acids is 1. The third kappa shape index (κ3) is 5.72. The molecule has 0 spiro atoms. The van der Waals surface area contributed by atoms with Gasteiger partial charge in [-0.2, -0.15) is 0 Å². The Morgan fingerprint density at radius 1 is 1.12 bits per heavy atom. The maximum Gasteiger partial charge on any atom is 0.410 e. The first kappa shape index (κ1) is 24.1. The number of aryl methyl sites for hydroxylation is 1. The van der Waals surface area contributed by atoms with E-state index in [4.69, 9.17) is 14.0 Å². The van der Waals surface area contributed by atoms with Gasteiger partial charge in [0.15, 0.2) is 5.76 Å². The van der Waals surface area contributed by atoms with Gasteiger partial charge >= 0.3 is 12.1 Å². The molecule has 0 radical (unpaired) electrons. The number of nitrogens with zero attached hydrogens (tertiary/aromatic N) is 2. The van der Waals surface area contributed by atoms with Crippen molar-refractivity contribution in [2.75, 3.05) is 13.7 Å². The fraction of sp³-hybridized carbons (Fsp3) is 0.577. The third-order valence-electron chi connectivity index (χ3n) is 7.22. The number of benzene rings is 1. The number of ether oxygens (including phenoxy) is 2. The first-order valence-corrected chi connectivity index (χ1v) is 12.2. The molecule has 1 aromatic carbocycles. The van der Waals surface area contributed by atoms with Crippen molar-refractivity contribution in [2.45, 2.75) is 70.9 Å². The van der Waals surface area contributed by atoms with Crippen LogP contribution in [-0.2, 0) is 16.1 Å². The zero-order valence-corrected chi connectivity index (χ0v) is 20.0. The van der Waals surface area contributed by atoms with Crippen molar-refractivity contribution in [1.29, 1.82) is 0 Å². The molecule has 0 bridgehead atoms. The highest BCUT2D eigenvalue weighted by molar-refractivity contribution is 5.70. The van der Waals surface area contributed by atoms with Gasteiger partial charge < -0.3 is 24.0 Å². The Labute approximate surface area is 200 Å². The number of carbonyl (C=O) groups is 2. The number of aliphatic carboxylic acids is 1. The number of carboxylic acid groups (broad SMARTS) is 1. The molecule has 0 aliphatic heterocycles. The fourth-order valence-electron chi connectivity index (χ4n) is 5.05. The van der Waals surface area contributed by atoms with E-state index in [9.17, 15) is 14.7 Å². The van der Waals surface area contributed by atoms with E-state index in [1.54, 1.807) is 11.9 Å². The quantitative estimate of drug-likeness (QED) is 0.549. The summed E-state index contributed by atoms with van der Waals surface area (Å²) in [4.78, 5) is 25.5. The molecule has 4 rings (SSSR count). The van der Waals surface area contributed by atoms with Gasteiger partial charge in [0.05, 0.1) is 23.8 Å². The van der Waals surface area contributed by atoms with Gasteiger partial charge in [0.2, 0.25) is 0 Å². The van der Waals surface area contributed by atoms with Crippen LogP contribution in [0.4, 0.5) is 4.79 Å². The second kappa shape index (κ2) is 10.9. The predicted octanol–water partition coefficient (Wildman–Crippen LogP) is 5.43. The molecule has 8 nitrogen and oxygen atoms in total. The highest BCUT2D eigenvalue weighted by atomic mass is 16.6. The third-order valence-corrected chi connectivity index (χ3v) is 7.22. The topological polar surface area (TPSA) is 102 Å². The van der Waals surface area contributed by atoms with Crippen LogP contribution in [0.1, 0.15) is 62.6 Å². The largest absolute Gasteiger partial charge is 0.493 e. The summed E-state index contributed by atoms with van der Waals surface area (Å²) in [5.41, 5.74) is 2.27. The van der Waals surface area contributed by atoms with Crippen molar-refractivity contribution in [3.05, 3.63) is 35.5 Å². The Morgan fingerprint density at radius 3 is 2.56 bits per heavy atom. The van der Waals surface area contributed by atoms with Crippen molar-refractivity contribution in [1.82, 2.24) is 10.1 Å². The molecule has 0 saturated heterocycles. The standard InChI is InChI=1S/C26H34N2O6/c1-17-23(16-33-26(31)28(2)21-8-3-4-9-21)24(34-27-17)19-10-12-22(13-11-19)32-15-18-6-5-7-20(14-18)25(29)30/h10-13,18,20-21H,3-9,14-16H2,1-2H3,(H,29,30). The molecule has 2 saturated carbocycles. The lowest BCUT2D eigenvalue weighted by Crippen LogP contribution is -2.35. The molecule has 8 heteroatoms. The summed E-state index contributed by atoms with van der Waals surface area (Å²) < 4.78 is 17.1. The lowest BCUT2D eigenvalue weighted by Gasteiger charge is -2.26. The molecule has 34 heavy (non-hydrogen) atoms. The first-order chi connectivity index (χ1) is 16.4. The summed E-state index contributed by atoms with van der Waals surface area (Å²) in [5.74, 6) is 0.601. The zero-order chi connectivity index (χ0) is 24.1. The Kier molecular flexibility index (Phi) is 7.75. The van der Waals surface area contributed by atoms with Crippen LogP contribution in [0.3, 0.4) is 0 Å². The number of rotatable bonds is 8. The van der Waals surface area contributed by atoms with Gasteiger partial charge in [-0.3, -0.25) is 4.79 Å². The lowest BCUT2D eigenvalue weighted by molar-refractivity contribution is -0.143. The van der Waals surface area contributed by atoms with E-state index in [1.165, 1.54) is 0 Å². The normalized spacial score (nSPS) is 20.8. The number of amides is 1. The Morgan fingerprint density at radius 2 is 1.85 bits per heavy atom. The summed E-state index contributed by atoms with van der Waals surface area (Å²) in [7, 11) is 1.80.